The lowest BCUT2D eigenvalue weighted by Gasteiger charge is -2.17. The minimum absolute atomic E-state index is 0.0521. The molecule has 0 atom stereocenters. The third-order valence-electron chi connectivity index (χ3n) is 3.54. The molecule has 1 aliphatic carbocycles. The summed E-state index contributed by atoms with van der Waals surface area (Å²) in [4.78, 5) is 12.0. The molecule has 0 aromatic heterocycles. The highest BCUT2D eigenvalue weighted by Gasteiger charge is 2.53. The van der Waals surface area contributed by atoms with Gasteiger partial charge in [0.15, 0.2) is 0 Å². The number of rotatable bonds is 3. The molecule has 0 aliphatic heterocycles. The Morgan fingerprint density at radius 2 is 2.06 bits per heavy atom. The third-order valence-corrected chi connectivity index (χ3v) is 3.54. The van der Waals surface area contributed by atoms with Gasteiger partial charge < -0.3 is 4.74 Å². The number of carbonyl (C=O) groups excluding carboxylic acids is 1. The van der Waals surface area contributed by atoms with Gasteiger partial charge in [-0.1, -0.05) is 18.2 Å². The molecular formula is C14H18O2. The molecule has 1 fully saturated rings. The first kappa shape index (κ1) is 11.2. The highest BCUT2D eigenvalue weighted by atomic mass is 16.5. The SMILES string of the molecule is CCOC(=O)C1(c2cccc(C)c2C)CC1. The zero-order chi connectivity index (χ0) is 11.8. The summed E-state index contributed by atoms with van der Waals surface area (Å²) in [6, 6.07) is 6.17. The summed E-state index contributed by atoms with van der Waals surface area (Å²) in [5.74, 6) is -0.0521. The molecule has 0 spiro atoms. The fourth-order valence-electron chi connectivity index (χ4n) is 2.25. The van der Waals surface area contributed by atoms with Gasteiger partial charge in [-0.2, -0.15) is 0 Å². The van der Waals surface area contributed by atoms with Gasteiger partial charge in [-0.25, -0.2) is 0 Å². The van der Waals surface area contributed by atoms with Crippen molar-refractivity contribution >= 4 is 5.97 Å². The average molecular weight is 218 g/mol. The van der Waals surface area contributed by atoms with Gasteiger partial charge in [0.25, 0.3) is 0 Å². The number of esters is 1. The van der Waals surface area contributed by atoms with Crippen LogP contribution < -0.4 is 0 Å². The molecule has 2 nitrogen and oxygen atoms in total. The quantitative estimate of drug-likeness (QED) is 0.729. The van der Waals surface area contributed by atoms with Crippen LogP contribution in [0.4, 0.5) is 0 Å². The van der Waals surface area contributed by atoms with E-state index in [1.807, 2.05) is 13.0 Å². The Morgan fingerprint density at radius 1 is 1.38 bits per heavy atom. The van der Waals surface area contributed by atoms with Crippen molar-refractivity contribution in [2.75, 3.05) is 6.61 Å². The molecule has 0 saturated heterocycles. The van der Waals surface area contributed by atoms with Gasteiger partial charge in [0, 0.05) is 0 Å². The topological polar surface area (TPSA) is 26.3 Å². The van der Waals surface area contributed by atoms with Crippen LogP contribution in [0.2, 0.25) is 0 Å². The molecular weight excluding hydrogens is 200 g/mol. The zero-order valence-corrected chi connectivity index (χ0v) is 10.2. The predicted molar refractivity (Wildman–Crippen MR) is 63.5 cm³/mol. The lowest BCUT2D eigenvalue weighted by molar-refractivity contribution is -0.146. The van der Waals surface area contributed by atoms with Crippen LogP contribution in [0.1, 0.15) is 36.5 Å². The number of hydrogen-bond acceptors (Lipinski definition) is 2. The molecule has 0 bridgehead atoms. The number of benzene rings is 1. The van der Waals surface area contributed by atoms with Crippen LogP contribution in [-0.2, 0) is 14.9 Å². The van der Waals surface area contributed by atoms with Crippen LogP contribution in [0.3, 0.4) is 0 Å². The van der Waals surface area contributed by atoms with Crippen molar-refractivity contribution in [1.29, 1.82) is 0 Å². The largest absolute Gasteiger partial charge is 0.465 e. The lowest BCUT2D eigenvalue weighted by Crippen LogP contribution is -2.24. The average Bonchev–Trinajstić information content (AvgIpc) is 3.04. The van der Waals surface area contributed by atoms with Crippen LogP contribution in [0, 0.1) is 13.8 Å². The molecule has 0 amide bonds. The Hall–Kier alpha value is -1.31. The molecule has 2 rings (SSSR count). The van der Waals surface area contributed by atoms with E-state index < -0.39 is 0 Å². The molecule has 0 N–H and O–H groups in total. The van der Waals surface area contributed by atoms with Gasteiger partial charge in [-0.3, -0.25) is 4.79 Å². The van der Waals surface area contributed by atoms with Crippen molar-refractivity contribution < 1.29 is 9.53 Å². The van der Waals surface area contributed by atoms with Crippen molar-refractivity contribution in [3.8, 4) is 0 Å². The normalized spacial score (nSPS) is 16.9. The fourth-order valence-corrected chi connectivity index (χ4v) is 2.25. The Morgan fingerprint density at radius 3 is 2.62 bits per heavy atom. The van der Waals surface area contributed by atoms with Gasteiger partial charge in [0.05, 0.1) is 12.0 Å². The van der Waals surface area contributed by atoms with Gasteiger partial charge in [-0.05, 0) is 50.3 Å². The molecule has 1 aromatic rings. The van der Waals surface area contributed by atoms with Crippen LogP contribution >= 0.6 is 0 Å². The van der Waals surface area contributed by atoms with Crippen molar-refractivity contribution in [1.82, 2.24) is 0 Å². The molecule has 0 radical (unpaired) electrons. The van der Waals surface area contributed by atoms with E-state index >= 15 is 0 Å². The molecule has 0 unspecified atom stereocenters. The Balaban J connectivity index is 2.37. The Bertz CT molecular complexity index is 417. The van der Waals surface area contributed by atoms with E-state index in [-0.39, 0.29) is 11.4 Å². The van der Waals surface area contributed by atoms with Crippen LogP contribution in [0.5, 0.6) is 0 Å². The molecule has 2 heteroatoms. The van der Waals surface area contributed by atoms with E-state index in [1.165, 1.54) is 11.1 Å². The van der Waals surface area contributed by atoms with Crippen molar-refractivity contribution in [2.24, 2.45) is 0 Å². The fraction of sp³-hybridized carbons (Fsp3) is 0.500. The standard InChI is InChI=1S/C14H18O2/c1-4-16-13(15)14(8-9-14)12-7-5-6-10(2)11(12)3/h5-7H,4,8-9H2,1-3H3. The van der Waals surface area contributed by atoms with Crippen LogP contribution in [0.15, 0.2) is 18.2 Å². The van der Waals surface area contributed by atoms with E-state index in [9.17, 15) is 4.79 Å². The minimum atomic E-state index is -0.327. The predicted octanol–water partition coefficient (Wildman–Crippen LogP) is 2.90. The summed E-state index contributed by atoms with van der Waals surface area (Å²) in [6.45, 7) is 6.49. The van der Waals surface area contributed by atoms with Crippen molar-refractivity contribution in [3.05, 3.63) is 34.9 Å². The maximum Gasteiger partial charge on any atom is 0.316 e. The third kappa shape index (κ3) is 1.62. The van der Waals surface area contributed by atoms with E-state index in [0.29, 0.717) is 6.61 Å². The molecule has 1 aliphatic rings. The Labute approximate surface area is 96.6 Å². The van der Waals surface area contributed by atoms with Crippen LogP contribution in [-0.4, -0.2) is 12.6 Å². The summed E-state index contributed by atoms with van der Waals surface area (Å²) < 4.78 is 5.18. The second-order valence-corrected chi connectivity index (χ2v) is 4.55. The first-order valence-corrected chi connectivity index (χ1v) is 5.86. The van der Waals surface area contributed by atoms with Crippen molar-refractivity contribution in [3.63, 3.8) is 0 Å². The molecule has 0 heterocycles. The maximum atomic E-state index is 12.0. The second kappa shape index (κ2) is 3.93. The minimum Gasteiger partial charge on any atom is -0.465 e. The van der Waals surface area contributed by atoms with E-state index in [0.717, 1.165) is 18.4 Å². The summed E-state index contributed by atoms with van der Waals surface area (Å²) in [6.07, 6.45) is 1.85. The van der Waals surface area contributed by atoms with Gasteiger partial charge in [0.2, 0.25) is 0 Å². The van der Waals surface area contributed by atoms with E-state index in [4.69, 9.17) is 4.74 Å². The number of aryl methyl sites for hydroxylation is 1. The highest BCUT2D eigenvalue weighted by molar-refractivity contribution is 5.87. The second-order valence-electron chi connectivity index (χ2n) is 4.55. The Kier molecular flexibility index (Phi) is 2.75. The zero-order valence-electron chi connectivity index (χ0n) is 10.2. The number of carbonyl (C=O) groups is 1. The summed E-state index contributed by atoms with van der Waals surface area (Å²) >= 11 is 0. The summed E-state index contributed by atoms with van der Waals surface area (Å²) in [5.41, 5.74) is 3.30. The smallest absolute Gasteiger partial charge is 0.316 e. The molecule has 1 aromatic carbocycles. The maximum absolute atomic E-state index is 12.0. The summed E-state index contributed by atoms with van der Waals surface area (Å²) in [5, 5.41) is 0. The lowest BCUT2D eigenvalue weighted by atomic mass is 9.90. The monoisotopic (exact) mass is 218 g/mol. The van der Waals surface area contributed by atoms with E-state index in [1.54, 1.807) is 0 Å². The highest BCUT2D eigenvalue weighted by Crippen LogP contribution is 2.50. The van der Waals surface area contributed by atoms with Crippen molar-refractivity contribution in [2.45, 2.75) is 39.0 Å². The molecule has 86 valence electrons. The van der Waals surface area contributed by atoms with Gasteiger partial charge in [-0.15, -0.1) is 0 Å². The first-order valence-electron chi connectivity index (χ1n) is 5.86. The van der Waals surface area contributed by atoms with Gasteiger partial charge in [0.1, 0.15) is 0 Å². The number of hydrogen-bond donors (Lipinski definition) is 0. The number of ether oxygens (including phenoxy) is 1. The summed E-state index contributed by atoms with van der Waals surface area (Å²) in [7, 11) is 0. The molecule has 16 heavy (non-hydrogen) atoms. The van der Waals surface area contributed by atoms with Gasteiger partial charge >= 0.3 is 5.97 Å². The molecule has 1 saturated carbocycles. The van der Waals surface area contributed by atoms with Crippen LogP contribution in [0.25, 0.3) is 0 Å². The first-order chi connectivity index (χ1) is 7.62. The van der Waals surface area contributed by atoms with E-state index in [2.05, 4.69) is 26.0 Å².